The molecule has 2 aromatic carbocycles. The first-order chi connectivity index (χ1) is 21.7. The van der Waals surface area contributed by atoms with E-state index in [1.807, 2.05) is 0 Å². The third-order valence-electron chi connectivity index (χ3n) is 7.87. The molecular formula is C31H26ClF5N4O5. The molecule has 4 aromatic rings. The maximum atomic E-state index is 15.1. The molecule has 0 spiro atoms. The summed E-state index contributed by atoms with van der Waals surface area (Å²) in [5.41, 5.74) is -0.0835. The molecule has 9 nitrogen and oxygen atoms in total. The van der Waals surface area contributed by atoms with Gasteiger partial charge in [0.15, 0.2) is 0 Å². The summed E-state index contributed by atoms with van der Waals surface area (Å²) in [5, 5.41) is 12.7. The van der Waals surface area contributed by atoms with Crippen molar-refractivity contribution >= 4 is 40.1 Å². The van der Waals surface area contributed by atoms with Crippen molar-refractivity contribution in [1.82, 2.24) is 14.9 Å². The second kappa shape index (κ2) is 12.7. The molecular weight excluding hydrogens is 639 g/mol. The van der Waals surface area contributed by atoms with Gasteiger partial charge in [0.05, 0.1) is 29.3 Å². The van der Waals surface area contributed by atoms with Gasteiger partial charge in [-0.2, -0.15) is 13.2 Å². The van der Waals surface area contributed by atoms with Crippen LogP contribution in [0.1, 0.15) is 21.6 Å². The number of ether oxygens (including phenoxy) is 1. The van der Waals surface area contributed by atoms with Gasteiger partial charge >= 0.3 is 12.1 Å². The van der Waals surface area contributed by atoms with Crippen molar-refractivity contribution in [3.05, 3.63) is 92.5 Å². The molecule has 0 aliphatic carbocycles. The maximum absolute atomic E-state index is 15.1. The summed E-state index contributed by atoms with van der Waals surface area (Å²) in [5.74, 6) is -5.89. The van der Waals surface area contributed by atoms with Crippen LogP contribution in [0.3, 0.4) is 0 Å². The van der Waals surface area contributed by atoms with Crippen LogP contribution >= 0.6 is 11.6 Å². The number of nitrogens with one attached hydrogen (secondary N) is 1. The summed E-state index contributed by atoms with van der Waals surface area (Å²) in [6, 6.07) is 5.26. The van der Waals surface area contributed by atoms with Crippen molar-refractivity contribution in [2.45, 2.75) is 31.6 Å². The second-order valence-corrected chi connectivity index (χ2v) is 11.1. The summed E-state index contributed by atoms with van der Waals surface area (Å²) in [4.78, 5) is 43.4. The number of alkyl halides is 3. The maximum Gasteiger partial charge on any atom is 0.411 e. The molecule has 0 saturated carbocycles. The van der Waals surface area contributed by atoms with Crippen LogP contribution in [-0.2, 0) is 23.0 Å². The van der Waals surface area contributed by atoms with Crippen molar-refractivity contribution in [3.8, 4) is 11.1 Å². The predicted octanol–water partition coefficient (Wildman–Crippen LogP) is 5.03. The molecule has 0 bridgehead atoms. The van der Waals surface area contributed by atoms with E-state index in [9.17, 15) is 32.7 Å². The molecule has 2 unspecified atom stereocenters. The molecule has 3 heterocycles. The molecule has 242 valence electrons. The van der Waals surface area contributed by atoms with Gasteiger partial charge in [-0.15, -0.1) is 0 Å². The zero-order valence-corrected chi connectivity index (χ0v) is 25.0. The lowest BCUT2D eigenvalue weighted by molar-refractivity contribution is -0.167. The van der Waals surface area contributed by atoms with Crippen LogP contribution in [0.15, 0.2) is 53.5 Å². The van der Waals surface area contributed by atoms with Gasteiger partial charge in [-0.3, -0.25) is 14.6 Å². The third-order valence-corrected chi connectivity index (χ3v) is 8.17. The van der Waals surface area contributed by atoms with Crippen LogP contribution in [-0.4, -0.2) is 64.6 Å². The Morgan fingerprint density at radius 3 is 2.52 bits per heavy atom. The molecule has 0 radical (unpaired) electrons. The highest BCUT2D eigenvalue weighted by Crippen LogP contribution is 2.34. The standard InChI is InChI=1S/C31H26ClF5N4O5/c1-15-10-20(32)25(29(43)40(15)2)19-6-5-16(18-4-3-7-38-27(18)19)11-23(30(44)45)39-28(42)26-21(33)12-17(13-22(26)34)41-8-9-46-14-24(41)31(35,36)37/h3-7,10,12-13,23-24H,8-9,11,14H2,1-2H3,(H,39,42)(H,44,45). The van der Waals surface area contributed by atoms with Crippen molar-refractivity contribution in [2.75, 3.05) is 24.7 Å². The number of nitrogens with zero attached hydrogens (tertiary/aromatic N) is 3. The topological polar surface area (TPSA) is 114 Å². The highest BCUT2D eigenvalue weighted by Gasteiger charge is 2.46. The second-order valence-electron chi connectivity index (χ2n) is 10.7. The van der Waals surface area contributed by atoms with E-state index in [-0.39, 0.29) is 35.7 Å². The van der Waals surface area contributed by atoms with Crippen LogP contribution in [0.4, 0.5) is 27.6 Å². The number of aliphatic carboxylic acids is 1. The van der Waals surface area contributed by atoms with E-state index in [0.717, 1.165) is 4.90 Å². The number of morpholine rings is 1. The molecule has 2 N–H and O–H groups in total. The van der Waals surface area contributed by atoms with Gasteiger partial charge in [0.1, 0.15) is 29.3 Å². The number of hydrogen-bond donors (Lipinski definition) is 2. The highest BCUT2D eigenvalue weighted by atomic mass is 35.5. The van der Waals surface area contributed by atoms with Gasteiger partial charge in [-0.05, 0) is 36.8 Å². The Hall–Kier alpha value is -4.56. The van der Waals surface area contributed by atoms with E-state index in [0.29, 0.717) is 39.9 Å². The summed E-state index contributed by atoms with van der Waals surface area (Å²) >= 11 is 6.44. The van der Waals surface area contributed by atoms with Crippen LogP contribution in [0.25, 0.3) is 22.0 Å². The Bertz CT molecular complexity index is 1890. The highest BCUT2D eigenvalue weighted by molar-refractivity contribution is 6.33. The van der Waals surface area contributed by atoms with Crippen LogP contribution < -0.4 is 15.8 Å². The average molecular weight is 665 g/mol. The lowest BCUT2D eigenvalue weighted by Gasteiger charge is -2.38. The van der Waals surface area contributed by atoms with Crippen molar-refractivity contribution in [1.29, 1.82) is 0 Å². The van der Waals surface area contributed by atoms with Gasteiger partial charge in [0.25, 0.3) is 11.5 Å². The molecule has 1 amide bonds. The molecule has 1 saturated heterocycles. The average Bonchev–Trinajstić information content (AvgIpc) is 2.99. The van der Waals surface area contributed by atoms with E-state index in [2.05, 4.69) is 10.3 Å². The minimum Gasteiger partial charge on any atom is -0.480 e. The molecule has 2 atom stereocenters. The number of anilines is 1. The van der Waals surface area contributed by atoms with Gasteiger partial charge in [0.2, 0.25) is 0 Å². The number of carboxylic acids is 1. The van der Waals surface area contributed by atoms with E-state index in [1.165, 1.54) is 16.8 Å². The van der Waals surface area contributed by atoms with E-state index < -0.39 is 59.6 Å². The van der Waals surface area contributed by atoms with Gasteiger partial charge in [0, 0.05) is 48.5 Å². The first-order valence-electron chi connectivity index (χ1n) is 13.9. The fourth-order valence-electron chi connectivity index (χ4n) is 5.41. The molecule has 1 fully saturated rings. The van der Waals surface area contributed by atoms with Crippen molar-refractivity contribution < 1.29 is 41.4 Å². The number of aromatic nitrogens is 2. The number of halogens is 6. The zero-order valence-electron chi connectivity index (χ0n) is 24.3. The van der Waals surface area contributed by atoms with E-state index in [1.54, 1.807) is 38.2 Å². The largest absolute Gasteiger partial charge is 0.480 e. The van der Waals surface area contributed by atoms with Crippen LogP contribution in [0.5, 0.6) is 0 Å². The first kappa shape index (κ1) is 32.8. The minimum absolute atomic E-state index is 0.113. The summed E-state index contributed by atoms with van der Waals surface area (Å²) in [7, 11) is 1.59. The Kier molecular flexibility index (Phi) is 9.05. The number of carbonyl (C=O) groups excluding carboxylic acids is 1. The first-order valence-corrected chi connectivity index (χ1v) is 14.2. The Balaban J connectivity index is 1.45. The van der Waals surface area contributed by atoms with Crippen LogP contribution in [0.2, 0.25) is 5.02 Å². The van der Waals surface area contributed by atoms with Crippen LogP contribution in [0, 0.1) is 18.6 Å². The molecule has 1 aliphatic rings. The Morgan fingerprint density at radius 2 is 1.87 bits per heavy atom. The van der Waals surface area contributed by atoms with Crippen molar-refractivity contribution in [2.24, 2.45) is 7.05 Å². The number of carboxylic acid groups (broad SMARTS) is 1. The quantitative estimate of drug-likeness (QED) is 0.267. The predicted molar refractivity (Wildman–Crippen MR) is 159 cm³/mol. The van der Waals surface area contributed by atoms with Crippen molar-refractivity contribution in [3.63, 3.8) is 0 Å². The Morgan fingerprint density at radius 1 is 1.17 bits per heavy atom. The molecule has 1 aliphatic heterocycles. The monoisotopic (exact) mass is 664 g/mol. The summed E-state index contributed by atoms with van der Waals surface area (Å²) < 4.78 is 77.0. The normalized spacial score (nSPS) is 16.0. The number of pyridine rings is 2. The van der Waals surface area contributed by atoms with E-state index >= 15 is 8.78 Å². The van der Waals surface area contributed by atoms with Gasteiger partial charge in [-0.25, -0.2) is 13.6 Å². The number of carbonyl (C=O) groups is 2. The molecule has 15 heteroatoms. The van der Waals surface area contributed by atoms with Gasteiger partial charge in [-0.1, -0.05) is 29.8 Å². The number of benzene rings is 2. The molecule has 2 aromatic heterocycles. The number of amides is 1. The number of hydrogen-bond acceptors (Lipinski definition) is 6. The molecule has 5 rings (SSSR count). The smallest absolute Gasteiger partial charge is 0.411 e. The lowest BCUT2D eigenvalue weighted by Crippen LogP contribution is -2.53. The summed E-state index contributed by atoms with van der Waals surface area (Å²) in [6.07, 6.45) is -3.63. The van der Waals surface area contributed by atoms with E-state index in [4.69, 9.17) is 16.3 Å². The fraction of sp³-hybridized carbons (Fsp3) is 0.290. The third kappa shape index (κ3) is 6.27. The number of aryl methyl sites for hydroxylation is 1. The summed E-state index contributed by atoms with van der Waals surface area (Å²) in [6.45, 7) is 0.561. The van der Waals surface area contributed by atoms with Gasteiger partial charge < -0.3 is 24.6 Å². The fourth-order valence-corrected chi connectivity index (χ4v) is 5.76. The zero-order chi connectivity index (χ0) is 33.5. The molecule has 46 heavy (non-hydrogen) atoms. The SMILES string of the molecule is Cc1cc(Cl)c(-c2ccc(CC(NC(=O)c3c(F)cc(N4CCOCC4C(F)(F)F)cc3F)C(=O)O)c3cccnc23)c(=O)n1C. The Labute approximate surface area is 263 Å². The number of fused-ring (bicyclic) bond motifs is 1. The number of rotatable bonds is 7. The lowest BCUT2D eigenvalue weighted by atomic mass is 9.95. The minimum atomic E-state index is -4.75.